The summed E-state index contributed by atoms with van der Waals surface area (Å²) in [5.41, 5.74) is 3.03. The average molecular weight is 448 g/mol. The molecule has 1 amide bonds. The van der Waals surface area contributed by atoms with E-state index in [0.29, 0.717) is 18.2 Å². The van der Waals surface area contributed by atoms with Crippen LogP contribution in [0.1, 0.15) is 74.5 Å². The monoisotopic (exact) mass is 447 g/mol. The third-order valence-electron chi connectivity index (χ3n) is 8.11. The van der Waals surface area contributed by atoms with Crippen LogP contribution in [-0.4, -0.2) is 34.5 Å². The molecule has 0 radical (unpaired) electrons. The maximum Gasteiger partial charge on any atom is 0.254 e. The van der Waals surface area contributed by atoms with Gasteiger partial charge >= 0.3 is 0 Å². The number of likely N-dealkylation sites (tertiary alicyclic amines) is 1. The normalized spacial score (nSPS) is 22.8. The minimum Gasteiger partial charge on any atom is -0.472 e. The van der Waals surface area contributed by atoms with Crippen molar-refractivity contribution >= 4 is 16.8 Å². The van der Waals surface area contributed by atoms with E-state index in [-0.39, 0.29) is 5.91 Å². The number of piperidine rings is 1. The molecule has 3 aromatic rings. The van der Waals surface area contributed by atoms with Gasteiger partial charge in [-0.3, -0.25) is 4.79 Å². The highest BCUT2D eigenvalue weighted by Crippen LogP contribution is 2.36. The van der Waals surface area contributed by atoms with Crippen molar-refractivity contribution in [3.05, 3.63) is 60.2 Å². The van der Waals surface area contributed by atoms with Crippen molar-refractivity contribution in [3.8, 4) is 0 Å². The molecule has 0 unspecified atom stereocenters. The van der Waals surface area contributed by atoms with Gasteiger partial charge in [0.1, 0.15) is 6.26 Å². The molecule has 5 nitrogen and oxygen atoms in total. The molecule has 0 spiro atoms. The first-order valence-corrected chi connectivity index (χ1v) is 12.7. The fourth-order valence-corrected chi connectivity index (χ4v) is 6.11. The largest absolute Gasteiger partial charge is 0.472 e. The van der Waals surface area contributed by atoms with Crippen molar-refractivity contribution in [2.45, 2.75) is 71.0 Å². The molecule has 1 aliphatic heterocycles. The number of hydrogen-bond acceptors (Lipinski definition) is 3. The number of para-hydroxylation sites is 1. The van der Waals surface area contributed by atoms with Crippen LogP contribution in [0.25, 0.3) is 10.9 Å². The zero-order valence-corrected chi connectivity index (χ0v) is 20.0. The first kappa shape index (κ1) is 22.3. The number of nitrogens with zero attached hydrogens (tertiary/aromatic N) is 2. The van der Waals surface area contributed by atoms with E-state index in [4.69, 9.17) is 4.42 Å². The Balaban J connectivity index is 1.27. The Morgan fingerprint density at radius 2 is 1.79 bits per heavy atom. The molecule has 1 saturated heterocycles. The second-order valence-corrected chi connectivity index (χ2v) is 10.3. The highest BCUT2D eigenvalue weighted by Gasteiger charge is 2.31. The van der Waals surface area contributed by atoms with Gasteiger partial charge < -0.3 is 19.2 Å². The van der Waals surface area contributed by atoms with Crippen molar-refractivity contribution in [2.75, 3.05) is 13.1 Å². The summed E-state index contributed by atoms with van der Waals surface area (Å²) in [5.74, 6) is 1.66. The summed E-state index contributed by atoms with van der Waals surface area (Å²) in [7, 11) is 0. The number of nitrogens with one attached hydrogen (secondary N) is 1. The predicted molar refractivity (Wildman–Crippen MR) is 132 cm³/mol. The number of amides is 1. The van der Waals surface area contributed by atoms with Crippen molar-refractivity contribution in [2.24, 2.45) is 11.8 Å². The number of aromatic nitrogens is 1. The summed E-state index contributed by atoms with van der Waals surface area (Å²) in [6, 6.07) is 13.8. The van der Waals surface area contributed by atoms with Gasteiger partial charge in [-0.05, 0) is 73.9 Å². The third kappa shape index (κ3) is 4.74. The maximum absolute atomic E-state index is 12.5. The Morgan fingerprint density at radius 3 is 2.48 bits per heavy atom. The number of carbonyl (C=O) groups is 1. The Bertz CT molecular complexity index is 1050. The van der Waals surface area contributed by atoms with Crippen molar-refractivity contribution in [3.63, 3.8) is 0 Å². The summed E-state index contributed by atoms with van der Waals surface area (Å²) in [6.07, 6.45) is 10.9. The van der Waals surface area contributed by atoms with E-state index >= 15 is 0 Å². The molecule has 5 rings (SSSR count). The van der Waals surface area contributed by atoms with Crippen LogP contribution in [0.4, 0.5) is 0 Å². The third-order valence-corrected chi connectivity index (χ3v) is 8.11. The van der Waals surface area contributed by atoms with Crippen LogP contribution in [0.5, 0.6) is 0 Å². The van der Waals surface area contributed by atoms with Gasteiger partial charge in [0.05, 0.1) is 18.4 Å². The topological polar surface area (TPSA) is 50.4 Å². The van der Waals surface area contributed by atoms with E-state index in [9.17, 15) is 4.79 Å². The lowest BCUT2D eigenvalue weighted by atomic mass is 9.79. The number of hydrogen-bond donors (Lipinski definition) is 1. The van der Waals surface area contributed by atoms with E-state index in [0.717, 1.165) is 17.9 Å². The Morgan fingerprint density at radius 1 is 1.03 bits per heavy atom. The minimum atomic E-state index is -0.0904. The molecule has 1 aliphatic carbocycles. The highest BCUT2D eigenvalue weighted by atomic mass is 16.3. The Labute approximate surface area is 197 Å². The number of fused-ring (bicyclic) bond motifs is 1. The van der Waals surface area contributed by atoms with Crippen LogP contribution in [0, 0.1) is 11.8 Å². The van der Waals surface area contributed by atoms with E-state index < -0.39 is 0 Å². The van der Waals surface area contributed by atoms with E-state index in [2.05, 4.69) is 59.0 Å². The summed E-state index contributed by atoms with van der Waals surface area (Å²) in [6.45, 7) is 7.64. The van der Waals surface area contributed by atoms with Gasteiger partial charge in [0, 0.05) is 36.4 Å². The zero-order valence-electron chi connectivity index (χ0n) is 20.0. The van der Waals surface area contributed by atoms with Crippen molar-refractivity contribution in [1.29, 1.82) is 0 Å². The number of furan rings is 1. The lowest BCUT2D eigenvalue weighted by molar-refractivity contribution is 0.0884. The molecule has 0 bridgehead atoms. The van der Waals surface area contributed by atoms with Crippen molar-refractivity contribution in [1.82, 2.24) is 14.8 Å². The van der Waals surface area contributed by atoms with Crippen molar-refractivity contribution < 1.29 is 9.21 Å². The van der Waals surface area contributed by atoms with E-state index in [1.165, 1.54) is 80.7 Å². The van der Waals surface area contributed by atoms with Crippen LogP contribution in [-0.2, 0) is 6.54 Å². The fraction of sp³-hybridized carbons (Fsp3) is 0.536. The maximum atomic E-state index is 12.5. The van der Waals surface area contributed by atoms with Crippen LogP contribution < -0.4 is 5.32 Å². The summed E-state index contributed by atoms with van der Waals surface area (Å²) in [5, 5.41) is 4.33. The first-order valence-electron chi connectivity index (χ1n) is 12.7. The lowest BCUT2D eigenvalue weighted by Gasteiger charge is -2.42. The summed E-state index contributed by atoms with van der Waals surface area (Å²) in [4.78, 5) is 15.2. The van der Waals surface area contributed by atoms with Gasteiger partial charge in [-0.2, -0.15) is 0 Å². The molecule has 1 N–H and O–H groups in total. The van der Waals surface area contributed by atoms with E-state index in [1.54, 1.807) is 6.07 Å². The molecule has 0 atom stereocenters. The van der Waals surface area contributed by atoms with Gasteiger partial charge in [-0.15, -0.1) is 0 Å². The highest BCUT2D eigenvalue weighted by molar-refractivity contribution is 5.93. The van der Waals surface area contributed by atoms with Gasteiger partial charge in [0.2, 0.25) is 0 Å². The van der Waals surface area contributed by atoms with Gasteiger partial charge in [-0.25, -0.2) is 0 Å². The number of rotatable bonds is 6. The standard InChI is InChI=1S/C28H37N3O2/c1-20(2)21-7-9-24(10-8-21)30-14-11-25(12-15-30)31-26(17-22-5-3-4-6-27(22)31)18-29-28(32)23-13-16-33-19-23/h3-6,13,16-17,19-21,24-25H,7-12,14-15,18H2,1-2H3,(H,29,32)/t21-,24+. The van der Waals surface area contributed by atoms with Gasteiger partial charge in [0.25, 0.3) is 5.91 Å². The fourth-order valence-electron chi connectivity index (χ4n) is 6.11. The molecule has 2 aromatic heterocycles. The quantitative estimate of drug-likeness (QED) is 0.503. The number of carbonyl (C=O) groups excluding carboxylic acids is 1. The number of benzene rings is 1. The van der Waals surface area contributed by atoms with Crippen LogP contribution >= 0.6 is 0 Å². The van der Waals surface area contributed by atoms with Gasteiger partial charge in [0.15, 0.2) is 0 Å². The molecule has 176 valence electrons. The minimum absolute atomic E-state index is 0.0904. The van der Waals surface area contributed by atoms with Crippen LogP contribution in [0.15, 0.2) is 53.3 Å². The Hall–Kier alpha value is -2.53. The molecule has 5 heteroatoms. The van der Waals surface area contributed by atoms with Gasteiger partial charge in [-0.1, -0.05) is 32.0 Å². The van der Waals surface area contributed by atoms with Crippen LogP contribution in [0.2, 0.25) is 0 Å². The smallest absolute Gasteiger partial charge is 0.254 e. The summed E-state index contributed by atoms with van der Waals surface area (Å²) >= 11 is 0. The molecular weight excluding hydrogens is 410 g/mol. The summed E-state index contributed by atoms with van der Waals surface area (Å²) < 4.78 is 7.56. The molecular formula is C28H37N3O2. The molecule has 33 heavy (non-hydrogen) atoms. The molecule has 1 saturated carbocycles. The van der Waals surface area contributed by atoms with Crippen LogP contribution in [0.3, 0.4) is 0 Å². The average Bonchev–Trinajstić information content (AvgIpc) is 3.51. The second-order valence-electron chi connectivity index (χ2n) is 10.3. The molecule has 2 aliphatic rings. The first-order chi connectivity index (χ1) is 16.1. The molecule has 1 aromatic carbocycles. The predicted octanol–water partition coefficient (Wildman–Crippen LogP) is 6.02. The second kappa shape index (κ2) is 9.76. The van der Waals surface area contributed by atoms with E-state index in [1.807, 2.05) is 0 Å². The lowest BCUT2D eigenvalue weighted by Crippen LogP contribution is -2.44. The molecule has 2 fully saturated rings. The molecule has 3 heterocycles. The SMILES string of the molecule is CC(C)[C@H]1CC[C@@H](N2CCC(n3c(CNC(=O)c4ccoc4)cc4ccccc43)CC2)CC1. The zero-order chi connectivity index (χ0) is 22.8. The Kier molecular flexibility index (Phi) is 6.59.